The van der Waals surface area contributed by atoms with Gasteiger partial charge in [-0.25, -0.2) is 4.39 Å². The third kappa shape index (κ3) is 4.92. The lowest BCUT2D eigenvalue weighted by Gasteiger charge is -2.12. The lowest BCUT2D eigenvalue weighted by molar-refractivity contribution is -0.115. The fourth-order valence-electron chi connectivity index (χ4n) is 1.71. The molecular formula is C14H16ClFN4O2S. The Hall–Kier alpha value is -1.64. The second-order valence-electron chi connectivity index (χ2n) is 4.68. The van der Waals surface area contributed by atoms with E-state index in [-0.39, 0.29) is 10.9 Å². The van der Waals surface area contributed by atoms with Crippen molar-refractivity contribution in [2.24, 2.45) is 0 Å². The quantitative estimate of drug-likeness (QED) is 0.771. The molecule has 1 aromatic heterocycles. The molecular weight excluding hydrogens is 343 g/mol. The Balaban J connectivity index is 1.97. The van der Waals surface area contributed by atoms with Crippen molar-refractivity contribution in [1.82, 2.24) is 14.8 Å². The van der Waals surface area contributed by atoms with Gasteiger partial charge in [0, 0.05) is 19.3 Å². The van der Waals surface area contributed by atoms with Gasteiger partial charge >= 0.3 is 0 Å². The van der Waals surface area contributed by atoms with E-state index in [0.717, 1.165) is 0 Å². The van der Waals surface area contributed by atoms with E-state index < -0.39 is 11.1 Å². The van der Waals surface area contributed by atoms with Crippen molar-refractivity contribution < 1.29 is 13.9 Å². The average molecular weight is 359 g/mol. The van der Waals surface area contributed by atoms with E-state index in [1.165, 1.54) is 30.0 Å². The number of carbonyl (C=O) groups excluding carboxylic acids is 1. The summed E-state index contributed by atoms with van der Waals surface area (Å²) in [5, 5.41) is 10.7. The predicted octanol–water partition coefficient (Wildman–Crippen LogP) is 2.84. The standard InChI is InChI=1S/C14H16ClFN4O2S/c1-9(23-14-19-17-8-20(14)5-6-22-2)13(21)18-10-3-4-12(16)11(15)7-10/h3-4,7-9H,5-6H2,1-2H3,(H,18,21)/t9-/m1/s1. The van der Waals surface area contributed by atoms with E-state index in [1.807, 2.05) is 4.57 Å². The summed E-state index contributed by atoms with van der Waals surface area (Å²) in [6.45, 7) is 2.88. The maximum absolute atomic E-state index is 13.1. The van der Waals surface area contributed by atoms with E-state index in [4.69, 9.17) is 16.3 Å². The molecule has 1 amide bonds. The smallest absolute Gasteiger partial charge is 0.237 e. The van der Waals surface area contributed by atoms with E-state index in [1.54, 1.807) is 20.4 Å². The summed E-state index contributed by atoms with van der Waals surface area (Å²) in [7, 11) is 1.61. The van der Waals surface area contributed by atoms with Crippen LogP contribution in [-0.4, -0.2) is 39.6 Å². The van der Waals surface area contributed by atoms with Crippen LogP contribution in [-0.2, 0) is 16.1 Å². The Labute approximate surface area is 142 Å². The minimum Gasteiger partial charge on any atom is -0.383 e. The zero-order chi connectivity index (χ0) is 16.8. The van der Waals surface area contributed by atoms with E-state index in [9.17, 15) is 9.18 Å². The van der Waals surface area contributed by atoms with Crippen molar-refractivity contribution in [1.29, 1.82) is 0 Å². The number of nitrogens with zero attached hydrogens (tertiary/aromatic N) is 3. The number of carbonyl (C=O) groups is 1. The maximum Gasteiger partial charge on any atom is 0.237 e. The number of aromatic nitrogens is 3. The van der Waals surface area contributed by atoms with Gasteiger partial charge in [-0.3, -0.25) is 4.79 Å². The minimum atomic E-state index is -0.529. The van der Waals surface area contributed by atoms with Crippen molar-refractivity contribution in [2.75, 3.05) is 19.0 Å². The first-order valence-corrected chi connectivity index (χ1v) is 8.06. The minimum absolute atomic E-state index is 0.0394. The van der Waals surface area contributed by atoms with Crippen molar-refractivity contribution in [3.8, 4) is 0 Å². The summed E-state index contributed by atoms with van der Waals surface area (Å²) in [5.41, 5.74) is 0.440. The van der Waals surface area contributed by atoms with Crippen molar-refractivity contribution in [2.45, 2.75) is 23.9 Å². The summed E-state index contributed by atoms with van der Waals surface area (Å²) >= 11 is 6.97. The van der Waals surface area contributed by atoms with Crippen LogP contribution in [0, 0.1) is 5.82 Å². The number of ether oxygens (including phenoxy) is 1. The van der Waals surface area contributed by atoms with Crippen LogP contribution in [0.5, 0.6) is 0 Å². The van der Waals surface area contributed by atoms with Crippen LogP contribution in [0.25, 0.3) is 0 Å². The number of methoxy groups -OCH3 is 1. The highest BCUT2D eigenvalue weighted by atomic mass is 35.5. The Morgan fingerprint density at radius 2 is 2.35 bits per heavy atom. The molecule has 0 bridgehead atoms. The number of hydrogen-bond acceptors (Lipinski definition) is 5. The van der Waals surface area contributed by atoms with E-state index in [2.05, 4.69) is 15.5 Å². The molecule has 0 fully saturated rings. The highest BCUT2D eigenvalue weighted by Crippen LogP contribution is 2.24. The first kappa shape index (κ1) is 17.7. The molecule has 1 aromatic carbocycles. The Bertz CT molecular complexity index is 683. The van der Waals surface area contributed by atoms with Gasteiger partial charge in [-0.15, -0.1) is 10.2 Å². The number of nitrogens with one attached hydrogen (secondary N) is 1. The molecule has 0 saturated carbocycles. The summed E-state index contributed by atoms with van der Waals surface area (Å²) in [6.07, 6.45) is 1.59. The molecule has 0 aliphatic carbocycles. The molecule has 0 radical (unpaired) electrons. The molecule has 2 aromatic rings. The van der Waals surface area contributed by atoms with Crippen LogP contribution >= 0.6 is 23.4 Å². The maximum atomic E-state index is 13.1. The third-order valence-corrected chi connectivity index (χ3v) is 4.34. The molecule has 6 nitrogen and oxygen atoms in total. The molecule has 23 heavy (non-hydrogen) atoms. The van der Waals surface area contributed by atoms with Crippen LogP contribution in [0.4, 0.5) is 10.1 Å². The molecule has 1 heterocycles. The molecule has 9 heteroatoms. The second kappa shape index (κ2) is 8.28. The summed E-state index contributed by atoms with van der Waals surface area (Å²) < 4.78 is 19.9. The van der Waals surface area contributed by atoms with Gasteiger partial charge in [-0.1, -0.05) is 23.4 Å². The fourth-order valence-corrected chi connectivity index (χ4v) is 2.74. The first-order valence-electron chi connectivity index (χ1n) is 6.80. The Kier molecular flexibility index (Phi) is 6.37. The number of rotatable bonds is 7. The highest BCUT2D eigenvalue weighted by molar-refractivity contribution is 8.00. The summed E-state index contributed by atoms with van der Waals surface area (Å²) in [6, 6.07) is 4.03. The SMILES string of the molecule is COCCn1cnnc1S[C@H](C)C(=O)Nc1ccc(F)c(Cl)c1. The van der Waals surface area contributed by atoms with Gasteiger partial charge in [0.1, 0.15) is 12.1 Å². The number of thioether (sulfide) groups is 1. The zero-order valence-corrected chi connectivity index (χ0v) is 14.2. The van der Waals surface area contributed by atoms with E-state index >= 15 is 0 Å². The van der Waals surface area contributed by atoms with Gasteiger partial charge in [0.15, 0.2) is 5.16 Å². The zero-order valence-electron chi connectivity index (χ0n) is 12.6. The molecule has 0 spiro atoms. The summed E-state index contributed by atoms with van der Waals surface area (Å²) in [5.74, 6) is -0.766. The molecule has 1 N–H and O–H groups in total. The van der Waals surface area contributed by atoms with E-state index in [0.29, 0.717) is 24.0 Å². The molecule has 2 rings (SSSR count). The highest BCUT2D eigenvalue weighted by Gasteiger charge is 2.18. The van der Waals surface area contributed by atoms with Crippen LogP contribution in [0.3, 0.4) is 0 Å². The molecule has 0 saturated heterocycles. The Morgan fingerprint density at radius 3 is 3.04 bits per heavy atom. The number of halogens is 2. The number of amides is 1. The van der Waals surface area contributed by atoms with Crippen LogP contribution < -0.4 is 5.32 Å². The molecule has 0 aliphatic rings. The lowest BCUT2D eigenvalue weighted by Crippen LogP contribution is -2.23. The van der Waals surface area contributed by atoms with Gasteiger partial charge in [0.25, 0.3) is 0 Å². The molecule has 0 unspecified atom stereocenters. The van der Waals surface area contributed by atoms with Gasteiger partial charge in [-0.2, -0.15) is 0 Å². The predicted molar refractivity (Wildman–Crippen MR) is 87.3 cm³/mol. The molecule has 124 valence electrons. The Morgan fingerprint density at radius 1 is 1.57 bits per heavy atom. The largest absolute Gasteiger partial charge is 0.383 e. The average Bonchev–Trinajstić information content (AvgIpc) is 2.96. The van der Waals surface area contributed by atoms with Crippen LogP contribution in [0.1, 0.15) is 6.92 Å². The first-order chi connectivity index (χ1) is 11.0. The second-order valence-corrected chi connectivity index (χ2v) is 6.39. The summed E-state index contributed by atoms with van der Waals surface area (Å²) in [4.78, 5) is 12.2. The molecule has 1 atom stereocenters. The van der Waals surface area contributed by atoms with Crippen molar-refractivity contribution >= 4 is 35.0 Å². The lowest BCUT2D eigenvalue weighted by atomic mass is 10.3. The van der Waals surface area contributed by atoms with Crippen LogP contribution in [0.2, 0.25) is 5.02 Å². The normalized spacial score (nSPS) is 12.2. The number of anilines is 1. The monoisotopic (exact) mass is 358 g/mol. The topological polar surface area (TPSA) is 69.0 Å². The van der Waals surface area contributed by atoms with Gasteiger partial charge in [-0.05, 0) is 25.1 Å². The van der Waals surface area contributed by atoms with Crippen molar-refractivity contribution in [3.05, 3.63) is 35.4 Å². The van der Waals surface area contributed by atoms with Gasteiger partial charge < -0.3 is 14.6 Å². The fraction of sp³-hybridized carbons (Fsp3) is 0.357. The van der Waals surface area contributed by atoms with Crippen molar-refractivity contribution in [3.63, 3.8) is 0 Å². The van der Waals surface area contributed by atoms with Gasteiger partial charge in [0.2, 0.25) is 5.91 Å². The number of benzene rings is 1. The number of hydrogen-bond donors (Lipinski definition) is 1. The third-order valence-electron chi connectivity index (χ3n) is 2.95. The molecule has 0 aliphatic heterocycles. The van der Waals surface area contributed by atoms with Gasteiger partial charge in [0.05, 0.1) is 16.9 Å². The van der Waals surface area contributed by atoms with Crippen LogP contribution in [0.15, 0.2) is 29.7 Å².